The number of ketones is 1. The van der Waals surface area contributed by atoms with Crippen molar-refractivity contribution in [1.82, 2.24) is 9.80 Å². The second-order valence-corrected chi connectivity index (χ2v) is 7.70. The Kier molecular flexibility index (Phi) is 6.53. The second-order valence-electron chi connectivity index (χ2n) is 7.70. The molecule has 0 spiro atoms. The molecule has 1 N–H and O–H groups in total. The van der Waals surface area contributed by atoms with Gasteiger partial charge in [-0.25, -0.2) is 4.39 Å². The number of ether oxygens (including phenoxy) is 2. The lowest BCUT2D eigenvalue weighted by Gasteiger charge is -2.31. The van der Waals surface area contributed by atoms with Gasteiger partial charge in [0.15, 0.2) is 0 Å². The van der Waals surface area contributed by atoms with Crippen LogP contribution < -0.4 is 4.74 Å². The topological polar surface area (TPSA) is 79.3 Å². The largest absolute Gasteiger partial charge is 0.507 e. The number of morpholine rings is 1. The van der Waals surface area contributed by atoms with Crippen LogP contribution in [0.1, 0.15) is 17.2 Å². The maximum absolute atomic E-state index is 13.6. The lowest BCUT2D eigenvalue weighted by Crippen LogP contribution is -2.42. The molecule has 4 rings (SSSR count). The van der Waals surface area contributed by atoms with Gasteiger partial charge in [0.1, 0.15) is 17.3 Å². The summed E-state index contributed by atoms with van der Waals surface area (Å²) in [5.74, 6) is -1.83. The highest BCUT2D eigenvalue weighted by atomic mass is 19.1. The number of rotatable bonds is 6. The van der Waals surface area contributed by atoms with E-state index in [1.54, 1.807) is 24.3 Å². The van der Waals surface area contributed by atoms with E-state index in [9.17, 15) is 19.1 Å². The van der Waals surface area contributed by atoms with Crippen LogP contribution >= 0.6 is 0 Å². The molecule has 168 valence electrons. The molecule has 8 heteroatoms. The second kappa shape index (κ2) is 9.50. The van der Waals surface area contributed by atoms with E-state index in [4.69, 9.17) is 9.47 Å². The standard InChI is InChI=1S/C24H25FN2O5/c1-31-19-5-3-2-4-18(19)22(28)20-21(16-6-8-17(25)9-7-16)27(24(30)23(20)29)11-10-26-12-14-32-15-13-26/h2-9,21,28H,10-15H2,1H3/b22-20+. The summed E-state index contributed by atoms with van der Waals surface area (Å²) in [6, 6.07) is 11.5. The summed E-state index contributed by atoms with van der Waals surface area (Å²) in [5.41, 5.74) is 0.824. The fourth-order valence-electron chi connectivity index (χ4n) is 4.16. The highest BCUT2D eigenvalue weighted by Gasteiger charge is 2.46. The maximum Gasteiger partial charge on any atom is 0.295 e. The Morgan fingerprint density at radius 3 is 2.47 bits per heavy atom. The molecular weight excluding hydrogens is 415 g/mol. The molecule has 2 heterocycles. The van der Waals surface area contributed by atoms with Crippen LogP contribution in [0.5, 0.6) is 5.75 Å². The van der Waals surface area contributed by atoms with Crippen LogP contribution in [0.4, 0.5) is 4.39 Å². The first-order valence-corrected chi connectivity index (χ1v) is 10.5. The van der Waals surface area contributed by atoms with Gasteiger partial charge in [0.2, 0.25) is 0 Å². The van der Waals surface area contributed by atoms with Crippen molar-refractivity contribution in [3.8, 4) is 5.75 Å². The number of halogens is 1. The average molecular weight is 440 g/mol. The minimum absolute atomic E-state index is 0.0342. The molecule has 1 unspecified atom stereocenters. The summed E-state index contributed by atoms with van der Waals surface area (Å²) in [7, 11) is 1.46. The summed E-state index contributed by atoms with van der Waals surface area (Å²) >= 11 is 0. The number of hydrogen-bond acceptors (Lipinski definition) is 6. The third kappa shape index (κ3) is 4.24. The number of amides is 1. The maximum atomic E-state index is 13.6. The van der Waals surface area contributed by atoms with E-state index in [2.05, 4.69) is 4.90 Å². The Labute approximate surface area is 185 Å². The number of methoxy groups -OCH3 is 1. The number of carbonyl (C=O) groups is 2. The molecular formula is C24H25FN2O5. The lowest BCUT2D eigenvalue weighted by atomic mass is 9.95. The summed E-state index contributed by atoms with van der Waals surface area (Å²) in [4.78, 5) is 29.7. The van der Waals surface area contributed by atoms with Crippen LogP contribution in [0.15, 0.2) is 54.1 Å². The normalized spacial score (nSPS) is 21.2. The smallest absolute Gasteiger partial charge is 0.295 e. The average Bonchev–Trinajstić information content (AvgIpc) is 3.08. The summed E-state index contributed by atoms with van der Waals surface area (Å²) in [6.45, 7) is 3.57. The molecule has 2 aromatic rings. The molecule has 0 saturated carbocycles. The van der Waals surface area contributed by atoms with Crippen LogP contribution in [-0.4, -0.2) is 73.1 Å². The predicted molar refractivity (Wildman–Crippen MR) is 116 cm³/mol. The minimum atomic E-state index is -0.832. The molecule has 7 nitrogen and oxygen atoms in total. The summed E-state index contributed by atoms with van der Waals surface area (Å²) < 4.78 is 24.3. The molecule has 0 bridgehead atoms. The number of hydrogen-bond donors (Lipinski definition) is 1. The first kappa shape index (κ1) is 22.0. The zero-order valence-corrected chi connectivity index (χ0v) is 17.8. The van der Waals surface area contributed by atoms with E-state index in [0.717, 1.165) is 13.1 Å². The van der Waals surface area contributed by atoms with Crippen molar-refractivity contribution in [2.24, 2.45) is 0 Å². The first-order valence-electron chi connectivity index (χ1n) is 10.5. The monoisotopic (exact) mass is 440 g/mol. The minimum Gasteiger partial charge on any atom is -0.507 e. The van der Waals surface area contributed by atoms with Crippen molar-refractivity contribution >= 4 is 17.4 Å². The number of likely N-dealkylation sites (tertiary alicyclic amines) is 1. The van der Waals surface area contributed by atoms with Crippen molar-refractivity contribution in [3.63, 3.8) is 0 Å². The van der Waals surface area contributed by atoms with Gasteiger partial charge in [0, 0.05) is 26.2 Å². The Bertz CT molecular complexity index is 1030. The van der Waals surface area contributed by atoms with Crippen LogP contribution in [0.25, 0.3) is 5.76 Å². The number of benzene rings is 2. The number of nitrogens with zero attached hydrogens (tertiary/aromatic N) is 2. The van der Waals surface area contributed by atoms with Gasteiger partial charge < -0.3 is 19.5 Å². The molecule has 0 aromatic heterocycles. The van der Waals surface area contributed by atoms with Crippen LogP contribution in [0.2, 0.25) is 0 Å². The van der Waals surface area contributed by atoms with Crippen LogP contribution in [-0.2, 0) is 14.3 Å². The van der Waals surface area contributed by atoms with Crippen molar-refractivity contribution in [1.29, 1.82) is 0 Å². The van der Waals surface area contributed by atoms with Crippen molar-refractivity contribution in [3.05, 3.63) is 71.0 Å². The Morgan fingerprint density at radius 1 is 1.09 bits per heavy atom. The number of aliphatic hydroxyl groups excluding tert-OH is 1. The van der Waals surface area contributed by atoms with E-state index >= 15 is 0 Å². The fraction of sp³-hybridized carbons (Fsp3) is 0.333. The molecule has 1 atom stereocenters. The highest BCUT2D eigenvalue weighted by molar-refractivity contribution is 6.46. The van der Waals surface area contributed by atoms with Crippen molar-refractivity contribution in [2.75, 3.05) is 46.5 Å². The van der Waals surface area contributed by atoms with Gasteiger partial charge in [0.25, 0.3) is 11.7 Å². The van der Waals surface area contributed by atoms with E-state index in [1.807, 2.05) is 0 Å². The van der Waals surface area contributed by atoms with E-state index in [-0.39, 0.29) is 17.9 Å². The molecule has 2 saturated heterocycles. The Morgan fingerprint density at radius 2 is 1.78 bits per heavy atom. The Balaban J connectivity index is 1.76. The fourth-order valence-corrected chi connectivity index (χ4v) is 4.16. The molecule has 2 fully saturated rings. The van der Waals surface area contributed by atoms with Gasteiger partial charge in [-0.05, 0) is 29.8 Å². The molecule has 2 aliphatic heterocycles. The Hall–Kier alpha value is -3.23. The van der Waals surface area contributed by atoms with Gasteiger partial charge >= 0.3 is 0 Å². The third-order valence-electron chi connectivity index (χ3n) is 5.85. The van der Waals surface area contributed by atoms with Gasteiger partial charge in [-0.15, -0.1) is 0 Å². The van der Waals surface area contributed by atoms with Gasteiger partial charge in [-0.2, -0.15) is 0 Å². The number of aliphatic hydroxyl groups is 1. The molecule has 2 aromatic carbocycles. The molecule has 1 amide bonds. The van der Waals surface area contributed by atoms with E-state index in [0.29, 0.717) is 36.6 Å². The zero-order valence-electron chi connectivity index (χ0n) is 17.8. The third-order valence-corrected chi connectivity index (χ3v) is 5.85. The van der Waals surface area contributed by atoms with Crippen molar-refractivity contribution in [2.45, 2.75) is 6.04 Å². The lowest BCUT2D eigenvalue weighted by molar-refractivity contribution is -0.140. The van der Waals surface area contributed by atoms with Gasteiger partial charge in [-0.3, -0.25) is 14.5 Å². The van der Waals surface area contributed by atoms with Crippen LogP contribution in [0.3, 0.4) is 0 Å². The predicted octanol–water partition coefficient (Wildman–Crippen LogP) is 2.59. The quantitative estimate of drug-likeness (QED) is 0.423. The number of carbonyl (C=O) groups excluding carboxylic acids is 2. The van der Waals surface area contributed by atoms with E-state index in [1.165, 1.54) is 36.3 Å². The molecule has 32 heavy (non-hydrogen) atoms. The van der Waals surface area contributed by atoms with E-state index < -0.39 is 23.5 Å². The summed E-state index contributed by atoms with van der Waals surface area (Å²) in [5, 5.41) is 11.1. The zero-order chi connectivity index (χ0) is 22.7. The number of Topliss-reactive ketones (excluding diaryl/α,β-unsaturated/α-hetero) is 1. The van der Waals surface area contributed by atoms with Crippen molar-refractivity contribution < 1.29 is 28.6 Å². The van der Waals surface area contributed by atoms with Gasteiger partial charge in [-0.1, -0.05) is 24.3 Å². The van der Waals surface area contributed by atoms with Crippen LogP contribution in [0, 0.1) is 5.82 Å². The highest BCUT2D eigenvalue weighted by Crippen LogP contribution is 2.40. The van der Waals surface area contributed by atoms with Gasteiger partial charge in [0.05, 0.1) is 37.5 Å². The first-order chi connectivity index (χ1) is 15.5. The molecule has 0 radical (unpaired) electrons. The molecule has 2 aliphatic rings. The molecule has 0 aliphatic carbocycles. The SMILES string of the molecule is COc1ccccc1/C(O)=C1\C(=O)C(=O)N(CCN2CCOCC2)C1c1ccc(F)cc1. The summed E-state index contributed by atoms with van der Waals surface area (Å²) in [6.07, 6.45) is 0. The number of para-hydroxylation sites is 1.